The zero-order chi connectivity index (χ0) is 9.84. The molecule has 0 aromatic carbocycles. The smallest absolute Gasteiger partial charge is 0.413 e. The van der Waals surface area contributed by atoms with Crippen molar-refractivity contribution in [3.05, 3.63) is 22.9 Å². The predicted molar refractivity (Wildman–Crippen MR) is 52.7 cm³/mol. The molecule has 0 N–H and O–H groups in total. The summed E-state index contributed by atoms with van der Waals surface area (Å²) >= 11 is 3.20. The Labute approximate surface area is 84.6 Å². The van der Waals surface area contributed by atoms with E-state index in [1.165, 1.54) is 12.0 Å². The molecule has 1 aromatic heterocycles. The van der Waals surface area contributed by atoms with Crippen LogP contribution in [0.1, 0.15) is 0 Å². The summed E-state index contributed by atoms with van der Waals surface area (Å²) in [5.41, 5.74) is 0.690. The summed E-state index contributed by atoms with van der Waals surface area (Å²) in [6, 6.07) is 3.53. The third-order valence-electron chi connectivity index (χ3n) is 1.55. The molecule has 1 rings (SSSR count). The van der Waals surface area contributed by atoms with E-state index >= 15 is 0 Å². The van der Waals surface area contributed by atoms with Crippen molar-refractivity contribution in [1.29, 1.82) is 0 Å². The van der Waals surface area contributed by atoms with E-state index in [1.54, 1.807) is 25.4 Å². The molecule has 0 saturated heterocycles. The Hall–Kier alpha value is -1.10. The van der Waals surface area contributed by atoms with Crippen molar-refractivity contribution in [2.45, 2.75) is 0 Å². The summed E-state index contributed by atoms with van der Waals surface area (Å²) < 4.78 is 5.28. The summed E-state index contributed by atoms with van der Waals surface area (Å²) in [5, 5.41) is 0. The first-order valence-corrected chi connectivity index (χ1v) is 4.37. The number of halogens is 1. The van der Waals surface area contributed by atoms with Crippen molar-refractivity contribution in [3.63, 3.8) is 0 Å². The zero-order valence-electron chi connectivity index (χ0n) is 7.32. The Morgan fingerprint density at radius 2 is 2.31 bits per heavy atom. The van der Waals surface area contributed by atoms with Gasteiger partial charge in [0.05, 0.1) is 19.0 Å². The molecule has 0 aliphatic rings. The highest BCUT2D eigenvalue weighted by Gasteiger charge is 2.09. The normalized spacial score (nSPS) is 9.46. The highest BCUT2D eigenvalue weighted by molar-refractivity contribution is 9.10. The van der Waals surface area contributed by atoms with Crippen LogP contribution < -0.4 is 4.90 Å². The fourth-order valence-corrected chi connectivity index (χ4v) is 1.04. The Bertz CT molecular complexity index is 300. The van der Waals surface area contributed by atoms with Crippen LogP contribution in [0.5, 0.6) is 0 Å². The average Bonchev–Trinajstić information content (AvgIpc) is 2.17. The highest BCUT2D eigenvalue weighted by atomic mass is 79.9. The number of ether oxygens (including phenoxy) is 1. The van der Waals surface area contributed by atoms with Crippen LogP contribution in [0, 0.1) is 0 Å². The van der Waals surface area contributed by atoms with Gasteiger partial charge in [-0.2, -0.15) is 0 Å². The van der Waals surface area contributed by atoms with E-state index in [-0.39, 0.29) is 0 Å². The first-order chi connectivity index (χ1) is 6.15. The van der Waals surface area contributed by atoms with Crippen LogP contribution in [0.15, 0.2) is 22.9 Å². The molecule has 0 bridgehead atoms. The quantitative estimate of drug-likeness (QED) is 0.711. The third-order valence-corrected chi connectivity index (χ3v) is 2.02. The number of anilines is 1. The number of nitrogens with zero attached hydrogens (tertiary/aromatic N) is 2. The summed E-state index contributed by atoms with van der Waals surface area (Å²) in [4.78, 5) is 16.4. The molecule has 4 nitrogen and oxygen atoms in total. The molecule has 5 heteroatoms. The number of amides is 1. The van der Waals surface area contributed by atoms with Crippen LogP contribution in [0.4, 0.5) is 10.5 Å². The maximum atomic E-state index is 11.1. The van der Waals surface area contributed by atoms with E-state index in [0.717, 1.165) is 4.60 Å². The lowest BCUT2D eigenvalue weighted by molar-refractivity contribution is 0.180. The second-order valence-corrected chi connectivity index (χ2v) is 3.18. The molecule has 70 valence electrons. The lowest BCUT2D eigenvalue weighted by atomic mass is 10.4. The summed E-state index contributed by atoms with van der Waals surface area (Å²) in [7, 11) is 2.96. The Balaban J connectivity index is 2.83. The first-order valence-electron chi connectivity index (χ1n) is 3.58. The number of carbonyl (C=O) groups excluding carboxylic acids is 1. The molecule has 0 atom stereocenters. The van der Waals surface area contributed by atoms with E-state index in [0.29, 0.717) is 5.69 Å². The van der Waals surface area contributed by atoms with Crippen molar-refractivity contribution in [2.75, 3.05) is 19.1 Å². The van der Waals surface area contributed by atoms with Gasteiger partial charge in [-0.15, -0.1) is 0 Å². The Morgan fingerprint density at radius 3 is 2.77 bits per heavy atom. The molecule has 0 radical (unpaired) electrons. The van der Waals surface area contributed by atoms with Gasteiger partial charge in [0.1, 0.15) is 4.60 Å². The fourth-order valence-electron chi connectivity index (χ4n) is 0.809. The fraction of sp³-hybridized carbons (Fsp3) is 0.250. The van der Waals surface area contributed by atoms with Crippen LogP contribution in [-0.2, 0) is 4.74 Å². The Kier molecular flexibility index (Phi) is 3.25. The van der Waals surface area contributed by atoms with Gasteiger partial charge in [0.25, 0.3) is 0 Å². The number of methoxy groups -OCH3 is 1. The van der Waals surface area contributed by atoms with Gasteiger partial charge < -0.3 is 4.74 Å². The van der Waals surface area contributed by atoms with Crippen molar-refractivity contribution >= 4 is 27.7 Å². The molecular weight excluding hydrogens is 236 g/mol. The highest BCUT2D eigenvalue weighted by Crippen LogP contribution is 2.14. The van der Waals surface area contributed by atoms with Crippen molar-refractivity contribution in [1.82, 2.24) is 4.98 Å². The predicted octanol–water partition coefficient (Wildman–Crippen LogP) is 2.05. The molecule has 13 heavy (non-hydrogen) atoms. The number of hydrogen-bond donors (Lipinski definition) is 0. The van der Waals surface area contributed by atoms with Crippen LogP contribution in [-0.4, -0.2) is 25.2 Å². The molecule has 0 unspecified atom stereocenters. The number of carbonyl (C=O) groups is 1. The molecule has 0 spiro atoms. The van der Waals surface area contributed by atoms with E-state index in [4.69, 9.17) is 0 Å². The van der Waals surface area contributed by atoms with E-state index in [1.807, 2.05) is 0 Å². The van der Waals surface area contributed by atoms with Crippen molar-refractivity contribution < 1.29 is 9.53 Å². The van der Waals surface area contributed by atoms with Gasteiger partial charge >= 0.3 is 6.09 Å². The van der Waals surface area contributed by atoms with Crippen LogP contribution in [0.25, 0.3) is 0 Å². The molecule has 0 aliphatic carbocycles. The van der Waals surface area contributed by atoms with Gasteiger partial charge in [-0.3, -0.25) is 4.90 Å². The topological polar surface area (TPSA) is 42.4 Å². The van der Waals surface area contributed by atoms with Crippen LogP contribution >= 0.6 is 15.9 Å². The largest absolute Gasteiger partial charge is 0.452 e. The monoisotopic (exact) mass is 244 g/mol. The van der Waals surface area contributed by atoms with Gasteiger partial charge in [-0.1, -0.05) is 0 Å². The van der Waals surface area contributed by atoms with Gasteiger partial charge in [0, 0.05) is 7.05 Å². The standard InChI is InChI=1S/C8H9BrN2O2/c1-11(8(12)13-2)6-3-4-7(9)10-5-6/h3-5H,1-2H3. The molecule has 1 aromatic rings. The summed E-state index contributed by atoms with van der Waals surface area (Å²) in [5.74, 6) is 0. The SMILES string of the molecule is COC(=O)N(C)c1ccc(Br)nc1. The third kappa shape index (κ3) is 2.42. The van der Waals surface area contributed by atoms with Crippen molar-refractivity contribution in [2.24, 2.45) is 0 Å². The number of pyridine rings is 1. The Morgan fingerprint density at radius 1 is 1.62 bits per heavy atom. The van der Waals surface area contributed by atoms with Gasteiger partial charge in [0.15, 0.2) is 0 Å². The minimum Gasteiger partial charge on any atom is -0.452 e. The molecule has 1 heterocycles. The van der Waals surface area contributed by atoms with Crippen molar-refractivity contribution in [3.8, 4) is 0 Å². The first kappa shape index (κ1) is 9.98. The maximum Gasteiger partial charge on any atom is 0.413 e. The van der Waals surface area contributed by atoms with Gasteiger partial charge in [-0.05, 0) is 28.1 Å². The van der Waals surface area contributed by atoms with E-state index < -0.39 is 6.09 Å². The number of aromatic nitrogens is 1. The second kappa shape index (κ2) is 4.23. The van der Waals surface area contributed by atoms with E-state index in [2.05, 4.69) is 25.7 Å². The molecular formula is C8H9BrN2O2. The molecule has 0 saturated carbocycles. The van der Waals surface area contributed by atoms with Gasteiger partial charge in [-0.25, -0.2) is 9.78 Å². The van der Waals surface area contributed by atoms with Gasteiger partial charge in [0.2, 0.25) is 0 Å². The lowest BCUT2D eigenvalue weighted by Gasteiger charge is -2.14. The minimum atomic E-state index is -0.413. The zero-order valence-corrected chi connectivity index (χ0v) is 8.91. The summed E-state index contributed by atoms with van der Waals surface area (Å²) in [6.45, 7) is 0. The van der Waals surface area contributed by atoms with Crippen LogP contribution in [0.2, 0.25) is 0 Å². The number of rotatable bonds is 1. The second-order valence-electron chi connectivity index (χ2n) is 2.37. The average molecular weight is 245 g/mol. The summed E-state index contributed by atoms with van der Waals surface area (Å²) in [6.07, 6.45) is 1.17. The molecule has 0 fully saturated rings. The minimum absolute atomic E-state index is 0.413. The number of hydrogen-bond acceptors (Lipinski definition) is 3. The van der Waals surface area contributed by atoms with Crippen LogP contribution in [0.3, 0.4) is 0 Å². The molecule has 1 amide bonds. The van der Waals surface area contributed by atoms with E-state index in [9.17, 15) is 4.79 Å². The molecule has 0 aliphatic heterocycles. The maximum absolute atomic E-state index is 11.1. The lowest BCUT2D eigenvalue weighted by Crippen LogP contribution is -2.25.